The Morgan fingerprint density at radius 2 is 1.84 bits per heavy atom. The number of benzene rings is 2. The second-order valence-electron chi connectivity index (χ2n) is 7.00. The van der Waals surface area contributed by atoms with Gasteiger partial charge in [-0.15, -0.1) is 10.2 Å². The van der Waals surface area contributed by atoms with E-state index in [-0.39, 0.29) is 35.2 Å². The second-order valence-corrected chi connectivity index (χ2v) is 9.95. The lowest BCUT2D eigenvalue weighted by Crippen LogP contribution is -2.37. The molecule has 12 heteroatoms. The summed E-state index contributed by atoms with van der Waals surface area (Å²) in [5.41, 5.74) is -0.124. The molecular weight excluding hydrogens is 450 g/mol. The highest BCUT2D eigenvalue weighted by atomic mass is 32.2. The quantitative estimate of drug-likeness (QED) is 0.416. The first-order valence-electron chi connectivity index (χ1n) is 9.29. The molecule has 0 atom stereocenters. The fourth-order valence-electron chi connectivity index (χ4n) is 3.42. The molecule has 2 aromatic carbocycles. The van der Waals surface area contributed by atoms with E-state index >= 15 is 0 Å². The van der Waals surface area contributed by atoms with Crippen LogP contribution in [0.1, 0.15) is 23.8 Å². The maximum atomic E-state index is 14.0. The Balaban J connectivity index is 1.47. The number of piperidine rings is 1. The monoisotopic (exact) mass is 466 g/mol. The predicted molar refractivity (Wildman–Crippen MR) is 109 cm³/mol. The molecule has 0 unspecified atom stereocenters. The van der Waals surface area contributed by atoms with Gasteiger partial charge >= 0.3 is 0 Å². The summed E-state index contributed by atoms with van der Waals surface area (Å²) in [5, 5.41) is 20.1. The topological polar surface area (TPSA) is 106 Å². The molecule has 1 saturated heterocycles. The molecule has 0 saturated carbocycles. The van der Waals surface area contributed by atoms with Crippen LogP contribution in [0, 0.1) is 21.7 Å². The van der Waals surface area contributed by atoms with Gasteiger partial charge in [0.05, 0.1) is 9.82 Å². The van der Waals surface area contributed by atoms with Crippen molar-refractivity contribution in [2.75, 3.05) is 13.1 Å². The van der Waals surface area contributed by atoms with Crippen molar-refractivity contribution in [1.82, 2.24) is 14.5 Å². The third-order valence-corrected chi connectivity index (χ3v) is 8.09. The van der Waals surface area contributed by atoms with Gasteiger partial charge < -0.3 is 0 Å². The van der Waals surface area contributed by atoms with Crippen LogP contribution in [0.15, 0.2) is 47.4 Å². The van der Waals surface area contributed by atoms with Crippen molar-refractivity contribution in [3.8, 4) is 10.6 Å². The van der Waals surface area contributed by atoms with Crippen molar-refractivity contribution in [3.63, 3.8) is 0 Å². The highest BCUT2D eigenvalue weighted by Gasteiger charge is 2.32. The molecule has 3 aromatic rings. The van der Waals surface area contributed by atoms with Crippen molar-refractivity contribution in [2.45, 2.75) is 23.7 Å². The number of hydrogen-bond acceptors (Lipinski definition) is 7. The van der Waals surface area contributed by atoms with Crippen molar-refractivity contribution < 1.29 is 22.1 Å². The summed E-state index contributed by atoms with van der Waals surface area (Å²) in [7, 11) is -3.86. The van der Waals surface area contributed by atoms with Crippen molar-refractivity contribution in [3.05, 3.63) is 69.2 Å². The number of non-ortho nitro benzene ring substituents is 1. The minimum atomic E-state index is -3.86. The summed E-state index contributed by atoms with van der Waals surface area (Å²) >= 11 is 1.20. The maximum absolute atomic E-state index is 14.0. The standard InChI is InChI=1S/C19H16F2N4O4S2/c20-13-4-5-16(17(21)10-13)19-23-22-18(30-19)12-6-8-24(9-7-12)31(28,29)15-3-1-2-14(11-15)25(26)27/h1-5,10-12H,6-9H2. The first-order chi connectivity index (χ1) is 14.8. The molecule has 1 fully saturated rings. The lowest BCUT2D eigenvalue weighted by atomic mass is 9.99. The third-order valence-electron chi connectivity index (χ3n) is 5.07. The van der Waals surface area contributed by atoms with E-state index < -0.39 is 26.6 Å². The summed E-state index contributed by atoms with van der Waals surface area (Å²) in [6, 6.07) is 8.21. The Hall–Kier alpha value is -2.83. The molecule has 31 heavy (non-hydrogen) atoms. The van der Waals surface area contributed by atoms with E-state index in [0.717, 1.165) is 18.2 Å². The molecule has 0 bridgehead atoms. The van der Waals surface area contributed by atoms with Gasteiger partial charge in [0.2, 0.25) is 10.0 Å². The van der Waals surface area contributed by atoms with Gasteiger partial charge in [-0.25, -0.2) is 17.2 Å². The van der Waals surface area contributed by atoms with Crippen LogP contribution in [0.5, 0.6) is 0 Å². The van der Waals surface area contributed by atoms with Crippen LogP contribution >= 0.6 is 11.3 Å². The Morgan fingerprint density at radius 3 is 2.52 bits per heavy atom. The Labute approximate surface area is 180 Å². The van der Waals surface area contributed by atoms with Crippen LogP contribution in [0.2, 0.25) is 0 Å². The molecule has 1 aliphatic heterocycles. The number of hydrogen-bond donors (Lipinski definition) is 0. The lowest BCUT2D eigenvalue weighted by Gasteiger charge is -2.30. The van der Waals surface area contributed by atoms with Crippen LogP contribution in [0.4, 0.5) is 14.5 Å². The maximum Gasteiger partial charge on any atom is 0.270 e. The van der Waals surface area contributed by atoms with E-state index in [1.165, 1.54) is 39.9 Å². The van der Waals surface area contributed by atoms with Crippen LogP contribution in [0.3, 0.4) is 0 Å². The van der Waals surface area contributed by atoms with E-state index in [1.54, 1.807) is 0 Å². The number of nitro benzene ring substituents is 1. The van der Waals surface area contributed by atoms with E-state index in [1.807, 2.05) is 0 Å². The first kappa shape index (κ1) is 21.4. The number of nitrogens with zero attached hydrogens (tertiary/aromatic N) is 4. The largest absolute Gasteiger partial charge is 0.270 e. The van der Waals surface area contributed by atoms with Crippen molar-refractivity contribution in [1.29, 1.82) is 0 Å². The highest BCUT2D eigenvalue weighted by molar-refractivity contribution is 7.89. The molecule has 8 nitrogen and oxygen atoms in total. The van der Waals surface area contributed by atoms with Crippen molar-refractivity contribution in [2.24, 2.45) is 0 Å². The Bertz CT molecular complexity index is 1240. The SMILES string of the molecule is O=[N+]([O-])c1cccc(S(=O)(=O)N2CCC(c3nnc(-c4ccc(F)cc4F)s3)CC2)c1. The molecule has 0 amide bonds. The Kier molecular flexibility index (Phi) is 5.77. The normalized spacial score (nSPS) is 15.8. The fourth-order valence-corrected chi connectivity index (χ4v) is 5.97. The van der Waals surface area contributed by atoms with Gasteiger partial charge in [-0.1, -0.05) is 17.4 Å². The average molecular weight is 466 g/mol. The van der Waals surface area contributed by atoms with Crippen LogP contribution in [0.25, 0.3) is 10.6 Å². The molecular formula is C19H16F2N4O4S2. The zero-order valence-corrected chi connectivity index (χ0v) is 17.6. The third kappa shape index (κ3) is 4.31. The molecule has 1 aromatic heterocycles. The fraction of sp³-hybridized carbons (Fsp3) is 0.263. The van der Waals surface area contributed by atoms with E-state index in [9.17, 15) is 27.3 Å². The van der Waals surface area contributed by atoms with Gasteiger partial charge in [-0.05, 0) is 31.0 Å². The zero-order valence-electron chi connectivity index (χ0n) is 15.9. The van der Waals surface area contributed by atoms with E-state index in [0.29, 0.717) is 22.9 Å². The summed E-state index contributed by atoms with van der Waals surface area (Å²) in [5.74, 6) is -1.45. The molecule has 2 heterocycles. The van der Waals surface area contributed by atoms with Crippen LogP contribution in [-0.2, 0) is 10.0 Å². The molecule has 4 rings (SSSR count). The zero-order chi connectivity index (χ0) is 22.2. The average Bonchev–Trinajstić information content (AvgIpc) is 3.24. The first-order valence-corrected chi connectivity index (χ1v) is 11.5. The number of nitro groups is 1. The van der Waals surface area contributed by atoms with Gasteiger partial charge in [-0.3, -0.25) is 10.1 Å². The second kappa shape index (κ2) is 8.36. The van der Waals surface area contributed by atoms with E-state index in [4.69, 9.17) is 0 Å². The molecule has 1 aliphatic rings. The minimum Gasteiger partial charge on any atom is -0.258 e. The summed E-state index contributed by atoms with van der Waals surface area (Å²) in [4.78, 5) is 10.2. The van der Waals surface area contributed by atoms with Gasteiger partial charge in [0.1, 0.15) is 16.6 Å². The highest BCUT2D eigenvalue weighted by Crippen LogP contribution is 2.35. The van der Waals surface area contributed by atoms with Gasteiger partial charge in [-0.2, -0.15) is 4.31 Å². The number of sulfonamides is 1. The number of rotatable bonds is 5. The lowest BCUT2D eigenvalue weighted by molar-refractivity contribution is -0.385. The molecule has 0 N–H and O–H groups in total. The molecule has 0 radical (unpaired) electrons. The van der Waals surface area contributed by atoms with Gasteiger partial charge in [0.15, 0.2) is 5.01 Å². The Morgan fingerprint density at radius 1 is 1.10 bits per heavy atom. The minimum absolute atomic E-state index is 0.0497. The van der Waals surface area contributed by atoms with E-state index in [2.05, 4.69) is 10.2 Å². The summed E-state index contributed by atoms with van der Waals surface area (Å²) in [6.45, 7) is 0.436. The smallest absolute Gasteiger partial charge is 0.258 e. The predicted octanol–water partition coefficient (Wildman–Crippen LogP) is 3.96. The molecule has 162 valence electrons. The van der Waals surface area contributed by atoms with Crippen molar-refractivity contribution >= 4 is 27.0 Å². The van der Waals surface area contributed by atoms with Gasteiger partial charge in [0.25, 0.3) is 5.69 Å². The van der Waals surface area contributed by atoms with Crippen LogP contribution < -0.4 is 0 Å². The summed E-state index contributed by atoms with van der Waals surface area (Å²) < 4.78 is 54.1. The van der Waals surface area contributed by atoms with Gasteiger partial charge in [0, 0.05) is 42.8 Å². The molecule has 0 aliphatic carbocycles. The number of halogens is 2. The molecule has 0 spiro atoms. The number of aromatic nitrogens is 2. The van der Waals surface area contributed by atoms with Crippen LogP contribution in [-0.4, -0.2) is 40.9 Å². The summed E-state index contributed by atoms with van der Waals surface area (Å²) in [6.07, 6.45) is 0.962.